The van der Waals surface area contributed by atoms with Gasteiger partial charge in [-0.15, -0.1) is 11.3 Å². The molecule has 0 fully saturated rings. The second kappa shape index (κ2) is 8.34. The lowest BCUT2D eigenvalue weighted by molar-refractivity contribution is 0.0954. The summed E-state index contributed by atoms with van der Waals surface area (Å²) >= 11 is 7.58. The van der Waals surface area contributed by atoms with E-state index in [9.17, 15) is 4.79 Å². The molecule has 26 heavy (non-hydrogen) atoms. The van der Waals surface area contributed by atoms with Gasteiger partial charge in [0.05, 0.1) is 12.8 Å². The first-order chi connectivity index (χ1) is 12.6. The molecule has 0 spiro atoms. The fourth-order valence-corrected chi connectivity index (χ4v) is 3.80. The molecule has 134 valence electrons. The molecule has 1 aromatic heterocycles. The minimum Gasteiger partial charge on any atom is -0.497 e. The maximum Gasteiger partial charge on any atom is 0.251 e. The number of amides is 1. The van der Waals surface area contributed by atoms with Gasteiger partial charge in [-0.25, -0.2) is 4.98 Å². The Labute approximate surface area is 161 Å². The number of benzene rings is 2. The van der Waals surface area contributed by atoms with E-state index in [1.54, 1.807) is 42.7 Å². The molecule has 0 aliphatic rings. The Morgan fingerprint density at radius 3 is 2.69 bits per heavy atom. The molecule has 0 saturated heterocycles. The third kappa shape index (κ3) is 4.42. The fourth-order valence-electron chi connectivity index (χ4n) is 2.54. The minimum atomic E-state index is -0.120. The number of rotatable bonds is 6. The van der Waals surface area contributed by atoms with E-state index in [2.05, 4.69) is 10.3 Å². The molecule has 0 aliphatic heterocycles. The molecule has 0 atom stereocenters. The monoisotopic (exact) mass is 386 g/mol. The first kappa shape index (κ1) is 18.4. The van der Waals surface area contributed by atoms with Crippen molar-refractivity contribution >= 4 is 28.8 Å². The van der Waals surface area contributed by atoms with Crippen LogP contribution >= 0.6 is 22.9 Å². The van der Waals surface area contributed by atoms with Gasteiger partial charge in [0.2, 0.25) is 0 Å². The molecule has 2 aromatic carbocycles. The molecule has 3 aromatic rings. The molecule has 1 N–H and O–H groups in total. The number of methoxy groups -OCH3 is 1. The smallest absolute Gasteiger partial charge is 0.251 e. The van der Waals surface area contributed by atoms with Crippen molar-refractivity contribution < 1.29 is 9.53 Å². The van der Waals surface area contributed by atoms with E-state index in [1.165, 1.54) is 4.88 Å². The standard InChI is InChI=1S/C20H19ClN2O2S/c1-13-18(10-11-22-19(24)15-4-3-5-16(21)12-15)26-20(23-13)14-6-8-17(25-2)9-7-14/h3-9,12H,10-11H2,1-2H3,(H,22,24). The third-order valence-electron chi connectivity index (χ3n) is 3.95. The highest BCUT2D eigenvalue weighted by molar-refractivity contribution is 7.15. The van der Waals surface area contributed by atoms with Gasteiger partial charge >= 0.3 is 0 Å². The number of halogens is 1. The molecular formula is C20H19ClN2O2S. The molecule has 3 rings (SSSR count). The van der Waals surface area contributed by atoms with E-state index in [-0.39, 0.29) is 5.91 Å². The van der Waals surface area contributed by atoms with Crippen LogP contribution < -0.4 is 10.1 Å². The summed E-state index contributed by atoms with van der Waals surface area (Å²) in [4.78, 5) is 18.0. The van der Waals surface area contributed by atoms with Crippen LogP contribution in [0.1, 0.15) is 20.9 Å². The van der Waals surface area contributed by atoms with Crippen LogP contribution in [-0.4, -0.2) is 24.5 Å². The predicted octanol–water partition coefficient (Wildman–Crippen LogP) is 4.75. The van der Waals surface area contributed by atoms with Crippen LogP contribution in [0.4, 0.5) is 0 Å². The second-order valence-electron chi connectivity index (χ2n) is 5.77. The number of nitrogens with one attached hydrogen (secondary N) is 1. The number of ether oxygens (including phenoxy) is 1. The van der Waals surface area contributed by atoms with Gasteiger partial charge in [-0.05, 0) is 49.4 Å². The van der Waals surface area contributed by atoms with Gasteiger partial charge < -0.3 is 10.1 Å². The SMILES string of the molecule is COc1ccc(-c2nc(C)c(CCNC(=O)c3cccc(Cl)c3)s2)cc1. The van der Waals surface area contributed by atoms with Crippen molar-refractivity contribution in [1.29, 1.82) is 0 Å². The molecule has 1 heterocycles. The first-order valence-corrected chi connectivity index (χ1v) is 9.41. The number of carbonyl (C=O) groups excluding carboxylic acids is 1. The molecule has 0 aliphatic carbocycles. The Morgan fingerprint density at radius 1 is 1.23 bits per heavy atom. The minimum absolute atomic E-state index is 0.120. The van der Waals surface area contributed by atoms with E-state index in [4.69, 9.17) is 16.3 Å². The number of aryl methyl sites for hydroxylation is 1. The van der Waals surface area contributed by atoms with E-state index < -0.39 is 0 Å². The van der Waals surface area contributed by atoms with Gasteiger partial charge in [-0.1, -0.05) is 17.7 Å². The molecule has 0 saturated carbocycles. The summed E-state index contributed by atoms with van der Waals surface area (Å²) in [6.45, 7) is 2.55. The Hall–Kier alpha value is -2.37. The Kier molecular flexibility index (Phi) is 5.91. The quantitative estimate of drug-likeness (QED) is 0.664. The van der Waals surface area contributed by atoms with Crippen molar-refractivity contribution in [3.8, 4) is 16.3 Å². The zero-order chi connectivity index (χ0) is 18.5. The topological polar surface area (TPSA) is 51.2 Å². The Bertz CT molecular complexity index is 906. The van der Waals surface area contributed by atoms with Crippen LogP contribution in [0.5, 0.6) is 5.75 Å². The first-order valence-electron chi connectivity index (χ1n) is 8.21. The summed E-state index contributed by atoms with van der Waals surface area (Å²) < 4.78 is 5.19. The van der Waals surface area contributed by atoms with Crippen LogP contribution in [-0.2, 0) is 6.42 Å². The van der Waals surface area contributed by atoms with E-state index in [0.717, 1.165) is 28.4 Å². The highest BCUT2D eigenvalue weighted by atomic mass is 35.5. The van der Waals surface area contributed by atoms with Crippen LogP contribution in [0.2, 0.25) is 5.02 Å². The van der Waals surface area contributed by atoms with Crippen LogP contribution in [0, 0.1) is 6.92 Å². The van der Waals surface area contributed by atoms with E-state index in [1.807, 2.05) is 31.2 Å². The van der Waals surface area contributed by atoms with Crippen molar-refractivity contribution in [1.82, 2.24) is 10.3 Å². The Morgan fingerprint density at radius 2 is 2.00 bits per heavy atom. The molecule has 1 amide bonds. The lowest BCUT2D eigenvalue weighted by atomic mass is 10.2. The highest BCUT2D eigenvalue weighted by Crippen LogP contribution is 2.29. The summed E-state index contributed by atoms with van der Waals surface area (Å²) in [5.41, 5.74) is 2.63. The lowest BCUT2D eigenvalue weighted by Crippen LogP contribution is -2.25. The largest absolute Gasteiger partial charge is 0.497 e. The summed E-state index contributed by atoms with van der Waals surface area (Å²) in [5, 5.41) is 4.46. The number of hydrogen-bond donors (Lipinski definition) is 1. The van der Waals surface area contributed by atoms with Gasteiger partial charge in [0.25, 0.3) is 5.91 Å². The second-order valence-corrected chi connectivity index (χ2v) is 7.29. The maximum absolute atomic E-state index is 12.2. The molecule has 0 bridgehead atoms. The number of carbonyl (C=O) groups is 1. The van der Waals surface area contributed by atoms with E-state index >= 15 is 0 Å². The van der Waals surface area contributed by atoms with Gasteiger partial charge in [0.15, 0.2) is 0 Å². The van der Waals surface area contributed by atoms with Crippen LogP contribution in [0.25, 0.3) is 10.6 Å². The lowest BCUT2D eigenvalue weighted by Gasteiger charge is -2.05. The average Bonchev–Trinajstić information content (AvgIpc) is 3.02. The van der Waals surface area contributed by atoms with Crippen molar-refractivity contribution in [3.05, 3.63) is 69.7 Å². The maximum atomic E-state index is 12.2. The van der Waals surface area contributed by atoms with Crippen LogP contribution in [0.3, 0.4) is 0 Å². The van der Waals surface area contributed by atoms with Crippen molar-refractivity contribution in [2.24, 2.45) is 0 Å². The zero-order valence-corrected chi connectivity index (χ0v) is 16.2. The summed E-state index contributed by atoms with van der Waals surface area (Å²) in [5.74, 6) is 0.705. The van der Waals surface area contributed by atoms with Gasteiger partial charge in [0.1, 0.15) is 10.8 Å². The number of thiazole rings is 1. The highest BCUT2D eigenvalue weighted by Gasteiger charge is 2.11. The zero-order valence-electron chi connectivity index (χ0n) is 14.6. The molecule has 6 heteroatoms. The number of hydrogen-bond acceptors (Lipinski definition) is 4. The van der Waals surface area contributed by atoms with Crippen molar-refractivity contribution in [2.75, 3.05) is 13.7 Å². The summed E-state index contributed by atoms with van der Waals surface area (Å²) in [6, 6.07) is 14.8. The normalized spacial score (nSPS) is 10.6. The van der Waals surface area contributed by atoms with Crippen LogP contribution in [0.15, 0.2) is 48.5 Å². The predicted molar refractivity (Wildman–Crippen MR) is 106 cm³/mol. The average molecular weight is 387 g/mol. The molecule has 4 nitrogen and oxygen atoms in total. The molecule has 0 radical (unpaired) electrons. The summed E-state index contributed by atoms with van der Waals surface area (Å²) in [7, 11) is 1.65. The van der Waals surface area contributed by atoms with E-state index in [0.29, 0.717) is 17.1 Å². The molecule has 0 unspecified atom stereocenters. The van der Waals surface area contributed by atoms with Crippen molar-refractivity contribution in [3.63, 3.8) is 0 Å². The van der Waals surface area contributed by atoms with Crippen molar-refractivity contribution in [2.45, 2.75) is 13.3 Å². The van der Waals surface area contributed by atoms with Gasteiger partial charge in [-0.2, -0.15) is 0 Å². The molecular weight excluding hydrogens is 368 g/mol. The van der Waals surface area contributed by atoms with Gasteiger partial charge in [-0.3, -0.25) is 4.79 Å². The fraction of sp³-hybridized carbons (Fsp3) is 0.200. The Balaban J connectivity index is 1.61. The number of nitrogens with zero attached hydrogens (tertiary/aromatic N) is 1. The number of aromatic nitrogens is 1. The van der Waals surface area contributed by atoms with Gasteiger partial charge in [0, 0.05) is 34.0 Å². The third-order valence-corrected chi connectivity index (χ3v) is 5.46. The summed E-state index contributed by atoms with van der Waals surface area (Å²) in [6.07, 6.45) is 0.742.